The Morgan fingerprint density at radius 3 is 2.67 bits per heavy atom. The third-order valence-corrected chi connectivity index (χ3v) is 4.44. The highest BCUT2D eigenvalue weighted by Gasteiger charge is 2.20. The Hall–Kier alpha value is -1.68. The van der Waals surface area contributed by atoms with Crippen LogP contribution in [-0.2, 0) is 13.5 Å². The maximum absolute atomic E-state index is 4.63. The molecular formula is C17H24N4. The van der Waals surface area contributed by atoms with Gasteiger partial charge in [0.1, 0.15) is 0 Å². The van der Waals surface area contributed by atoms with Crippen LogP contribution in [0.5, 0.6) is 0 Å². The van der Waals surface area contributed by atoms with E-state index >= 15 is 0 Å². The van der Waals surface area contributed by atoms with Crippen molar-refractivity contribution in [2.24, 2.45) is 7.05 Å². The summed E-state index contributed by atoms with van der Waals surface area (Å²) in [6.45, 7) is 6.83. The SMILES string of the molecule is CCc1nc(-c2cccc([C@H](C)N3CCCC3)c2)n(C)n1. The number of aryl methyl sites for hydroxylation is 2. The van der Waals surface area contributed by atoms with Gasteiger partial charge in [0.05, 0.1) is 0 Å². The molecule has 2 aromatic rings. The van der Waals surface area contributed by atoms with Crippen molar-refractivity contribution in [3.8, 4) is 11.4 Å². The van der Waals surface area contributed by atoms with Crippen molar-refractivity contribution in [3.63, 3.8) is 0 Å². The highest BCUT2D eigenvalue weighted by atomic mass is 15.3. The molecule has 21 heavy (non-hydrogen) atoms. The predicted octanol–water partition coefficient (Wildman–Crippen LogP) is 3.20. The van der Waals surface area contributed by atoms with Crippen LogP contribution in [0.15, 0.2) is 24.3 Å². The third-order valence-electron chi connectivity index (χ3n) is 4.44. The molecule has 1 atom stereocenters. The van der Waals surface area contributed by atoms with Crippen LogP contribution in [-0.4, -0.2) is 32.8 Å². The summed E-state index contributed by atoms with van der Waals surface area (Å²) in [7, 11) is 1.97. The molecular weight excluding hydrogens is 260 g/mol. The highest BCUT2D eigenvalue weighted by Crippen LogP contribution is 2.27. The zero-order chi connectivity index (χ0) is 14.8. The van der Waals surface area contributed by atoms with Gasteiger partial charge in [-0.3, -0.25) is 4.90 Å². The lowest BCUT2D eigenvalue weighted by Crippen LogP contribution is -2.23. The van der Waals surface area contributed by atoms with Gasteiger partial charge in [-0.05, 0) is 44.5 Å². The topological polar surface area (TPSA) is 34.0 Å². The van der Waals surface area contributed by atoms with E-state index in [1.807, 2.05) is 11.7 Å². The fourth-order valence-electron chi connectivity index (χ4n) is 3.12. The molecule has 1 aromatic heterocycles. The van der Waals surface area contributed by atoms with Gasteiger partial charge >= 0.3 is 0 Å². The van der Waals surface area contributed by atoms with Crippen LogP contribution in [0.25, 0.3) is 11.4 Å². The van der Waals surface area contributed by atoms with Crippen molar-refractivity contribution < 1.29 is 0 Å². The number of nitrogens with zero attached hydrogens (tertiary/aromatic N) is 4. The van der Waals surface area contributed by atoms with Gasteiger partial charge in [-0.1, -0.05) is 25.1 Å². The van der Waals surface area contributed by atoms with Crippen molar-refractivity contribution in [3.05, 3.63) is 35.7 Å². The van der Waals surface area contributed by atoms with E-state index < -0.39 is 0 Å². The van der Waals surface area contributed by atoms with E-state index in [9.17, 15) is 0 Å². The molecule has 2 heterocycles. The second-order valence-corrected chi connectivity index (χ2v) is 5.87. The Morgan fingerprint density at radius 2 is 2.00 bits per heavy atom. The summed E-state index contributed by atoms with van der Waals surface area (Å²) in [5, 5.41) is 4.45. The van der Waals surface area contributed by atoms with E-state index in [1.54, 1.807) is 0 Å². The number of benzene rings is 1. The van der Waals surface area contributed by atoms with Crippen LogP contribution in [0.4, 0.5) is 0 Å². The van der Waals surface area contributed by atoms with Gasteiger partial charge in [-0.15, -0.1) is 0 Å². The first-order valence-electron chi connectivity index (χ1n) is 7.93. The lowest BCUT2D eigenvalue weighted by molar-refractivity contribution is 0.263. The van der Waals surface area contributed by atoms with Crippen LogP contribution in [0, 0.1) is 0 Å². The van der Waals surface area contributed by atoms with Crippen LogP contribution >= 0.6 is 0 Å². The van der Waals surface area contributed by atoms with Crippen LogP contribution < -0.4 is 0 Å². The van der Waals surface area contributed by atoms with Crippen LogP contribution in [0.2, 0.25) is 0 Å². The molecule has 0 N–H and O–H groups in total. The van der Waals surface area contributed by atoms with Crippen LogP contribution in [0.3, 0.4) is 0 Å². The van der Waals surface area contributed by atoms with Gasteiger partial charge in [0.15, 0.2) is 11.6 Å². The fourth-order valence-corrected chi connectivity index (χ4v) is 3.12. The Bertz CT molecular complexity index is 611. The molecule has 0 amide bonds. The molecule has 0 radical (unpaired) electrons. The molecule has 0 spiro atoms. The van der Waals surface area contributed by atoms with Crippen molar-refractivity contribution in [2.45, 2.75) is 39.2 Å². The quantitative estimate of drug-likeness (QED) is 0.864. The minimum Gasteiger partial charge on any atom is -0.297 e. The number of hydrogen-bond acceptors (Lipinski definition) is 3. The molecule has 0 unspecified atom stereocenters. The Labute approximate surface area is 126 Å². The fraction of sp³-hybridized carbons (Fsp3) is 0.529. The largest absolute Gasteiger partial charge is 0.297 e. The smallest absolute Gasteiger partial charge is 0.158 e. The van der Waals surface area contributed by atoms with E-state index in [-0.39, 0.29) is 0 Å². The minimum atomic E-state index is 0.478. The highest BCUT2D eigenvalue weighted by molar-refractivity contribution is 5.56. The lowest BCUT2D eigenvalue weighted by atomic mass is 10.0. The van der Waals surface area contributed by atoms with E-state index in [0.717, 1.165) is 23.6 Å². The van der Waals surface area contributed by atoms with Crippen LogP contribution in [0.1, 0.15) is 44.1 Å². The molecule has 1 saturated heterocycles. The second kappa shape index (κ2) is 5.98. The van der Waals surface area contributed by atoms with Crippen molar-refractivity contribution in [1.29, 1.82) is 0 Å². The first kappa shape index (κ1) is 14.3. The van der Waals surface area contributed by atoms with Gasteiger partial charge in [-0.25, -0.2) is 9.67 Å². The normalized spacial score (nSPS) is 17.3. The van der Waals surface area contributed by atoms with E-state index in [4.69, 9.17) is 0 Å². The zero-order valence-corrected chi connectivity index (χ0v) is 13.2. The Kier molecular flexibility index (Phi) is 4.06. The maximum atomic E-state index is 4.63. The van der Waals surface area contributed by atoms with E-state index in [1.165, 1.54) is 31.5 Å². The Balaban J connectivity index is 1.90. The van der Waals surface area contributed by atoms with E-state index in [0.29, 0.717) is 6.04 Å². The molecule has 0 bridgehead atoms. The van der Waals surface area contributed by atoms with Crippen molar-refractivity contribution in [2.75, 3.05) is 13.1 Å². The maximum Gasteiger partial charge on any atom is 0.158 e. The molecule has 1 aromatic carbocycles. The summed E-state index contributed by atoms with van der Waals surface area (Å²) >= 11 is 0. The number of rotatable bonds is 4. The number of hydrogen-bond donors (Lipinski definition) is 0. The molecule has 112 valence electrons. The Morgan fingerprint density at radius 1 is 1.24 bits per heavy atom. The summed E-state index contributed by atoms with van der Waals surface area (Å²) in [6, 6.07) is 9.24. The summed E-state index contributed by atoms with van der Waals surface area (Å²) < 4.78 is 1.89. The van der Waals surface area contributed by atoms with Gasteiger partial charge in [0.2, 0.25) is 0 Å². The molecule has 3 rings (SSSR count). The monoisotopic (exact) mass is 284 g/mol. The lowest BCUT2D eigenvalue weighted by Gasteiger charge is -2.24. The third kappa shape index (κ3) is 2.86. The van der Waals surface area contributed by atoms with Gasteiger partial charge in [-0.2, -0.15) is 5.10 Å². The summed E-state index contributed by atoms with van der Waals surface area (Å²) in [5.74, 6) is 1.87. The molecule has 0 aliphatic carbocycles. The standard InChI is InChI=1S/C17H24N4/c1-4-16-18-17(20(3)19-16)15-9-7-8-14(12-15)13(2)21-10-5-6-11-21/h7-9,12-13H,4-6,10-11H2,1-3H3/t13-/m0/s1. The summed E-state index contributed by atoms with van der Waals surface area (Å²) in [4.78, 5) is 7.20. The van der Waals surface area contributed by atoms with Crippen molar-refractivity contribution >= 4 is 0 Å². The zero-order valence-electron chi connectivity index (χ0n) is 13.2. The van der Waals surface area contributed by atoms with Crippen molar-refractivity contribution in [1.82, 2.24) is 19.7 Å². The molecule has 1 aliphatic heterocycles. The molecule has 4 heteroatoms. The summed E-state index contributed by atoms with van der Waals surface area (Å²) in [5.41, 5.74) is 2.53. The van der Waals surface area contributed by atoms with Gasteiger partial charge in [0, 0.05) is 25.1 Å². The average molecular weight is 284 g/mol. The predicted molar refractivity (Wildman–Crippen MR) is 85.0 cm³/mol. The molecule has 4 nitrogen and oxygen atoms in total. The average Bonchev–Trinajstić information content (AvgIpc) is 3.16. The number of aromatic nitrogens is 3. The van der Waals surface area contributed by atoms with Gasteiger partial charge in [0.25, 0.3) is 0 Å². The minimum absolute atomic E-state index is 0.478. The van der Waals surface area contributed by atoms with E-state index in [2.05, 4.69) is 53.1 Å². The molecule has 0 saturated carbocycles. The van der Waals surface area contributed by atoms with Gasteiger partial charge < -0.3 is 0 Å². The summed E-state index contributed by atoms with van der Waals surface area (Å²) in [6.07, 6.45) is 3.53. The molecule has 1 aliphatic rings. The molecule has 1 fully saturated rings. The second-order valence-electron chi connectivity index (χ2n) is 5.87. The first-order valence-corrected chi connectivity index (χ1v) is 7.93. The number of likely N-dealkylation sites (tertiary alicyclic amines) is 1. The first-order chi connectivity index (χ1) is 10.2.